The summed E-state index contributed by atoms with van der Waals surface area (Å²) in [4.78, 5) is 3.86. The molecule has 0 unspecified atom stereocenters. The normalized spacial score (nSPS) is 10.3. The number of nitrogens with two attached hydrogens (primary N) is 1. The average molecular weight is 327 g/mol. The van der Waals surface area contributed by atoms with Crippen LogP contribution in [0.5, 0.6) is 17.4 Å². The van der Waals surface area contributed by atoms with Crippen LogP contribution in [0.25, 0.3) is 0 Å². The van der Waals surface area contributed by atoms with E-state index >= 15 is 0 Å². The van der Waals surface area contributed by atoms with Gasteiger partial charge in [-0.05, 0) is 40.2 Å². The molecular formula is C13H12BrFN2O2. The molecule has 0 radical (unpaired) electrons. The molecule has 0 amide bonds. The SMILES string of the molecule is COc1ccc(Oc2nccc(CN)c2F)c(Br)c1. The second-order valence-electron chi connectivity index (χ2n) is 3.69. The van der Waals surface area contributed by atoms with Gasteiger partial charge in [-0.25, -0.2) is 9.37 Å². The first-order chi connectivity index (χ1) is 9.15. The van der Waals surface area contributed by atoms with E-state index in [9.17, 15) is 4.39 Å². The number of ether oxygens (including phenoxy) is 2. The fourth-order valence-electron chi connectivity index (χ4n) is 1.49. The number of aromatic nitrogens is 1. The summed E-state index contributed by atoms with van der Waals surface area (Å²) in [6, 6.07) is 6.62. The Morgan fingerprint density at radius 1 is 1.37 bits per heavy atom. The molecule has 1 aromatic carbocycles. The fourth-order valence-corrected chi connectivity index (χ4v) is 1.93. The average Bonchev–Trinajstić information content (AvgIpc) is 2.43. The Labute approximate surface area is 118 Å². The Morgan fingerprint density at radius 2 is 2.16 bits per heavy atom. The minimum atomic E-state index is -0.548. The number of methoxy groups -OCH3 is 1. The third-order valence-corrected chi connectivity index (χ3v) is 3.12. The Morgan fingerprint density at radius 3 is 2.79 bits per heavy atom. The van der Waals surface area contributed by atoms with Crippen molar-refractivity contribution in [1.82, 2.24) is 4.98 Å². The summed E-state index contributed by atoms with van der Waals surface area (Å²) in [5.74, 6) is 0.464. The Kier molecular flexibility index (Phi) is 4.34. The molecule has 4 nitrogen and oxygen atoms in total. The van der Waals surface area contributed by atoms with E-state index in [0.29, 0.717) is 21.5 Å². The molecule has 0 spiro atoms. The van der Waals surface area contributed by atoms with Crippen LogP contribution in [0.2, 0.25) is 0 Å². The highest BCUT2D eigenvalue weighted by molar-refractivity contribution is 9.10. The maximum Gasteiger partial charge on any atom is 0.256 e. The quantitative estimate of drug-likeness (QED) is 0.937. The van der Waals surface area contributed by atoms with E-state index < -0.39 is 5.82 Å². The summed E-state index contributed by atoms with van der Waals surface area (Å²) in [6.45, 7) is 0.0918. The summed E-state index contributed by atoms with van der Waals surface area (Å²) in [7, 11) is 1.56. The lowest BCUT2D eigenvalue weighted by molar-refractivity contribution is 0.404. The third-order valence-electron chi connectivity index (χ3n) is 2.50. The van der Waals surface area contributed by atoms with E-state index in [1.807, 2.05) is 0 Å². The maximum absolute atomic E-state index is 13.9. The van der Waals surface area contributed by atoms with Gasteiger partial charge in [0.1, 0.15) is 11.5 Å². The van der Waals surface area contributed by atoms with E-state index in [1.54, 1.807) is 25.3 Å². The van der Waals surface area contributed by atoms with Crippen molar-refractivity contribution >= 4 is 15.9 Å². The molecule has 2 N–H and O–H groups in total. The topological polar surface area (TPSA) is 57.4 Å². The monoisotopic (exact) mass is 326 g/mol. The highest BCUT2D eigenvalue weighted by Gasteiger charge is 2.12. The zero-order valence-corrected chi connectivity index (χ0v) is 11.8. The molecule has 2 rings (SSSR count). The highest BCUT2D eigenvalue weighted by Crippen LogP contribution is 2.33. The molecule has 0 aliphatic carbocycles. The van der Waals surface area contributed by atoms with Gasteiger partial charge in [0.25, 0.3) is 5.88 Å². The number of pyridine rings is 1. The van der Waals surface area contributed by atoms with Gasteiger partial charge in [-0.1, -0.05) is 0 Å². The molecule has 6 heteroatoms. The number of rotatable bonds is 4. The van der Waals surface area contributed by atoms with Gasteiger partial charge in [-0.15, -0.1) is 0 Å². The van der Waals surface area contributed by atoms with Crippen LogP contribution in [0.1, 0.15) is 5.56 Å². The molecule has 0 bridgehead atoms. The van der Waals surface area contributed by atoms with Gasteiger partial charge in [-0.3, -0.25) is 0 Å². The molecule has 0 saturated heterocycles. The summed E-state index contributed by atoms with van der Waals surface area (Å²) < 4.78 is 25.1. The van der Waals surface area contributed by atoms with E-state index in [-0.39, 0.29) is 12.4 Å². The number of hydrogen-bond donors (Lipinski definition) is 1. The summed E-state index contributed by atoms with van der Waals surface area (Å²) in [6.07, 6.45) is 1.46. The highest BCUT2D eigenvalue weighted by atomic mass is 79.9. The van der Waals surface area contributed by atoms with Crippen LogP contribution in [0.4, 0.5) is 4.39 Å². The predicted molar refractivity (Wildman–Crippen MR) is 72.9 cm³/mol. The van der Waals surface area contributed by atoms with Crippen molar-refractivity contribution in [2.75, 3.05) is 7.11 Å². The third kappa shape index (κ3) is 3.02. The van der Waals surface area contributed by atoms with Crippen LogP contribution < -0.4 is 15.2 Å². The van der Waals surface area contributed by atoms with E-state index in [1.165, 1.54) is 12.3 Å². The van der Waals surface area contributed by atoms with Gasteiger partial charge >= 0.3 is 0 Å². The molecule has 0 fully saturated rings. The minimum Gasteiger partial charge on any atom is -0.497 e. The van der Waals surface area contributed by atoms with Gasteiger partial charge in [0.05, 0.1) is 11.6 Å². The molecule has 2 aromatic rings. The summed E-state index contributed by atoms with van der Waals surface area (Å²) in [5.41, 5.74) is 5.79. The molecule has 1 aromatic heterocycles. The van der Waals surface area contributed by atoms with Gasteiger partial charge in [-0.2, -0.15) is 0 Å². The van der Waals surface area contributed by atoms with Crippen molar-refractivity contribution in [3.05, 3.63) is 46.3 Å². The molecule has 1 heterocycles. The van der Waals surface area contributed by atoms with Crippen molar-refractivity contribution in [2.24, 2.45) is 5.73 Å². The van der Waals surface area contributed by atoms with E-state index in [0.717, 1.165) is 0 Å². The molecule has 0 saturated carbocycles. The number of benzene rings is 1. The Bertz CT molecular complexity index is 593. The van der Waals surface area contributed by atoms with Crippen LogP contribution in [-0.4, -0.2) is 12.1 Å². The van der Waals surface area contributed by atoms with Gasteiger partial charge in [0.15, 0.2) is 5.82 Å². The van der Waals surface area contributed by atoms with Crippen LogP contribution >= 0.6 is 15.9 Å². The van der Waals surface area contributed by atoms with Crippen LogP contribution in [0.3, 0.4) is 0 Å². The van der Waals surface area contributed by atoms with Gasteiger partial charge in [0.2, 0.25) is 0 Å². The molecule has 0 atom stereocenters. The first-order valence-electron chi connectivity index (χ1n) is 5.50. The molecule has 19 heavy (non-hydrogen) atoms. The van der Waals surface area contributed by atoms with Gasteiger partial charge < -0.3 is 15.2 Å². The molecule has 100 valence electrons. The summed E-state index contributed by atoms with van der Waals surface area (Å²) >= 11 is 3.33. The molecular weight excluding hydrogens is 315 g/mol. The minimum absolute atomic E-state index is 0.0918. The van der Waals surface area contributed by atoms with Crippen molar-refractivity contribution in [1.29, 1.82) is 0 Å². The lowest BCUT2D eigenvalue weighted by atomic mass is 10.2. The largest absolute Gasteiger partial charge is 0.497 e. The first-order valence-corrected chi connectivity index (χ1v) is 6.30. The lowest BCUT2D eigenvalue weighted by Crippen LogP contribution is -2.02. The van der Waals surface area contributed by atoms with Gasteiger partial charge in [0, 0.05) is 18.3 Å². The standard InChI is InChI=1S/C13H12BrFN2O2/c1-18-9-2-3-11(10(14)6-9)19-13-12(15)8(7-16)4-5-17-13/h2-6H,7,16H2,1H3. The molecule has 0 aliphatic heterocycles. The second kappa shape index (κ2) is 5.99. The van der Waals surface area contributed by atoms with Crippen LogP contribution in [-0.2, 0) is 6.54 Å². The number of nitrogens with zero attached hydrogens (tertiary/aromatic N) is 1. The van der Waals surface area contributed by atoms with E-state index in [2.05, 4.69) is 20.9 Å². The van der Waals surface area contributed by atoms with Crippen LogP contribution in [0, 0.1) is 5.82 Å². The summed E-state index contributed by atoms with van der Waals surface area (Å²) in [5, 5.41) is 0. The smallest absolute Gasteiger partial charge is 0.256 e. The maximum atomic E-state index is 13.9. The Hall–Kier alpha value is -1.66. The lowest BCUT2D eigenvalue weighted by Gasteiger charge is -2.10. The van der Waals surface area contributed by atoms with E-state index in [4.69, 9.17) is 15.2 Å². The van der Waals surface area contributed by atoms with Crippen molar-refractivity contribution in [2.45, 2.75) is 6.54 Å². The second-order valence-corrected chi connectivity index (χ2v) is 4.55. The fraction of sp³-hybridized carbons (Fsp3) is 0.154. The molecule has 0 aliphatic rings. The van der Waals surface area contributed by atoms with Crippen molar-refractivity contribution in [3.8, 4) is 17.4 Å². The van der Waals surface area contributed by atoms with Crippen LogP contribution in [0.15, 0.2) is 34.9 Å². The number of hydrogen-bond acceptors (Lipinski definition) is 4. The zero-order valence-electron chi connectivity index (χ0n) is 10.2. The first kappa shape index (κ1) is 13.8. The Balaban J connectivity index is 2.31. The van der Waals surface area contributed by atoms with Crippen molar-refractivity contribution < 1.29 is 13.9 Å². The predicted octanol–water partition coefficient (Wildman–Crippen LogP) is 3.24. The zero-order chi connectivity index (χ0) is 13.8. The number of halogens is 2. The van der Waals surface area contributed by atoms with Crippen molar-refractivity contribution in [3.63, 3.8) is 0 Å².